The van der Waals surface area contributed by atoms with Crippen LogP contribution in [0.4, 0.5) is 11.6 Å². The molecule has 1 fully saturated rings. The van der Waals surface area contributed by atoms with Gasteiger partial charge in [0.05, 0.1) is 0 Å². The summed E-state index contributed by atoms with van der Waals surface area (Å²) < 4.78 is 0.819. The van der Waals surface area contributed by atoms with Crippen molar-refractivity contribution in [2.75, 3.05) is 10.3 Å². The molecule has 0 saturated heterocycles. The zero-order chi connectivity index (χ0) is 13.2. The molecule has 2 heterocycles. The van der Waals surface area contributed by atoms with E-state index in [9.17, 15) is 0 Å². The Morgan fingerprint density at radius 3 is 2.95 bits per heavy atom. The molecule has 100 valence electrons. The summed E-state index contributed by atoms with van der Waals surface area (Å²) in [6.07, 6.45) is 3.97. The van der Waals surface area contributed by atoms with Crippen molar-refractivity contribution in [3.8, 4) is 0 Å². The van der Waals surface area contributed by atoms with Crippen LogP contribution in [0.3, 0.4) is 0 Å². The summed E-state index contributed by atoms with van der Waals surface area (Å²) in [6, 6.07) is 2.72. The van der Waals surface area contributed by atoms with Gasteiger partial charge in [0.25, 0.3) is 0 Å². The molecule has 19 heavy (non-hydrogen) atoms. The molecule has 0 spiro atoms. The molecular formula is C12H14BrN5S. The largest absolute Gasteiger partial charge is 0.348 e. The van der Waals surface area contributed by atoms with E-state index in [-0.39, 0.29) is 0 Å². The van der Waals surface area contributed by atoms with Crippen LogP contribution in [0.2, 0.25) is 0 Å². The first-order valence-electron chi connectivity index (χ1n) is 6.04. The van der Waals surface area contributed by atoms with E-state index in [0.29, 0.717) is 11.9 Å². The monoisotopic (exact) mass is 339 g/mol. The molecule has 3 N–H and O–H groups in total. The fourth-order valence-electron chi connectivity index (χ4n) is 2.00. The van der Waals surface area contributed by atoms with Crippen molar-refractivity contribution in [3.63, 3.8) is 0 Å². The van der Waals surface area contributed by atoms with E-state index >= 15 is 0 Å². The van der Waals surface area contributed by atoms with Crippen LogP contribution in [0.5, 0.6) is 0 Å². The lowest BCUT2D eigenvalue weighted by atomic mass is 10.3. The van der Waals surface area contributed by atoms with E-state index in [2.05, 4.69) is 53.1 Å². The number of aromatic nitrogens is 2. The average Bonchev–Trinajstić information content (AvgIpc) is 3.14. The van der Waals surface area contributed by atoms with Crippen LogP contribution >= 0.6 is 27.3 Å². The van der Waals surface area contributed by atoms with Crippen LogP contribution < -0.4 is 16.2 Å². The van der Waals surface area contributed by atoms with Crippen LogP contribution in [0.1, 0.15) is 18.4 Å². The summed E-state index contributed by atoms with van der Waals surface area (Å²) >= 11 is 5.25. The first kappa shape index (κ1) is 12.8. The molecule has 0 radical (unpaired) electrons. The number of halogens is 1. The van der Waals surface area contributed by atoms with Gasteiger partial charge in [-0.2, -0.15) is 11.3 Å². The lowest BCUT2D eigenvalue weighted by molar-refractivity contribution is 0.774. The summed E-state index contributed by atoms with van der Waals surface area (Å²) in [6.45, 7) is 0.869. The zero-order valence-corrected chi connectivity index (χ0v) is 12.6. The zero-order valence-electron chi connectivity index (χ0n) is 10.2. The summed E-state index contributed by atoms with van der Waals surface area (Å²) in [5.41, 5.74) is 3.90. The second-order valence-electron chi connectivity index (χ2n) is 4.49. The van der Waals surface area contributed by atoms with Crippen molar-refractivity contribution in [1.82, 2.24) is 9.97 Å². The number of rotatable bonds is 5. The molecule has 3 rings (SSSR count). The van der Waals surface area contributed by atoms with Gasteiger partial charge in [-0.15, -0.1) is 0 Å². The molecule has 2 aromatic heterocycles. The Morgan fingerprint density at radius 2 is 2.32 bits per heavy atom. The van der Waals surface area contributed by atoms with Crippen LogP contribution in [-0.4, -0.2) is 16.0 Å². The molecule has 0 amide bonds. The second-order valence-corrected chi connectivity index (χ2v) is 6.07. The maximum Gasteiger partial charge on any atom is 0.159 e. The minimum Gasteiger partial charge on any atom is -0.348 e. The summed E-state index contributed by atoms with van der Waals surface area (Å²) in [7, 11) is 0. The average molecular weight is 340 g/mol. The van der Waals surface area contributed by atoms with Gasteiger partial charge in [-0.1, -0.05) is 0 Å². The predicted octanol–water partition coefficient (Wildman–Crippen LogP) is 2.76. The van der Waals surface area contributed by atoms with Crippen LogP contribution in [0.15, 0.2) is 27.6 Å². The maximum absolute atomic E-state index is 5.46. The van der Waals surface area contributed by atoms with Gasteiger partial charge >= 0.3 is 0 Å². The van der Waals surface area contributed by atoms with Gasteiger partial charge in [0.2, 0.25) is 0 Å². The minimum absolute atomic E-state index is 0.566. The van der Waals surface area contributed by atoms with E-state index in [1.807, 2.05) is 0 Å². The van der Waals surface area contributed by atoms with Crippen molar-refractivity contribution in [1.29, 1.82) is 0 Å². The fraction of sp³-hybridized carbons (Fsp3) is 0.333. The number of nitrogens with zero attached hydrogens (tertiary/aromatic N) is 3. The molecule has 1 aliphatic rings. The van der Waals surface area contributed by atoms with Crippen molar-refractivity contribution >= 4 is 38.9 Å². The SMILES string of the molecule is NNc1ncnc(N(Cc2ccsc2)C2CC2)c1Br. The number of nitrogen functional groups attached to an aromatic ring is 1. The number of hydrogen-bond donors (Lipinski definition) is 2. The van der Waals surface area contributed by atoms with Gasteiger partial charge in [0, 0.05) is 12.6 Å². The lowest BCUT2D eigenvalue weighted by Gasteiger charge is -2.24. The Bertz CT molecular complexity index is 555. The van der Waals surface area contributed by atoms with Gasteiger partial charge in [0.15, 0.2) is 5.82 Å². The first-order valence-corrected chi connectivity index (χ1v) is 7.78. The van der Waals surface area contributed by atoms with Gasteiger partial charge in [-0.3, -0.25) is 0 Å². The molecule has 5 nitrogen and oxygen atoms in total. The lowest BCUT2D eigenvalue weighted by Crippen LogP contribution is -2.26. The van der Waals surface area contributed by atoms with Gasteiger partial charge in [-0.25, -0.2) is 15.8 Å². The quantitative estimate of drug-likeness (QED) is 0.647. The van der Waals surface area contributed by atoms with E-state index in [4.69, 9.17) is 5.84 Å². The first-order chi connectivity index (χ1) is 9.29. The number of hydrazine groups is 1. The molecule has 0 atom stereocenters. The molecule has 7 heteroatoms. The van der Waals surface area contributed by atoms with Crippen LogP contribution in [0, 0.1) is 0 Å². The van der Waals surface area contributed by atoms with Gasteiger partial charge < -0.3 is 10.3 Å². The Morgan fingerprint density at radius 1 is 1.47 bits per heavy atom. The van der Waals surface area contributed by atoms with E-state index in [0.717, 1.165) is 16.8 Å². The Balaban J connectivity index is 1.92. The van der Waals surface area contributed by atoms with Crippen molar-refractivity contribution in [2.24, 2.45) is 5.84 Å². The molecule has 0 bridgehead atoms. The molecule has 0 aliphatic heterocycles. The second kappa shape index (κ2) is 5.44. The topological polar surface area (TPSA) is 67.1 Å². The Hall–Kier alpha value is -1.18. The third-order valence-electron chi connectivity index (χ3n) is 3.10. The number of hydrogen-bond acceptors (Lipinski definition) is 6. The van der Waals surface area contributed by atoms with Crippen molar-refractivity contribution < 1.29 is 0 Å². The van der Waals surface area contributed by atoms with E-state index in [1.165, 1.54) is 24.7 Å². The maximum atomic E-state index is 5.46. The van der Waals surface area contributed by atoms with Crippen molar-refractivity contribution in [3.05, 3.63) is 33.2 Å². The number of nitrogens with two attached hydrogens (primary N) is 1. The predicted molar refractivity (Wildman–Crippen MR) is 81.1 cm³/mol. The summed E-state index contributed by atoms with van der Waals surface area (Å²) in [4.78, 5) is 10.8. The normalized spacial score (nSPS) is 14.4. The fourth-order valence-corrected chi connectivity index (χ4v) is 3.21. The van der Waals surface area contributed by atoms with E-state index < -0.39 is 0 Å². The van der Waals surface area contributed by atoms with E-state index in [1.54, 1.807) is 11.3 Å². The molecule has 1 saturated carbocycles. The molecular weight excluding hydrogens is 326 g/mol. The molecule has 0 aromatic carbocycles. The highest BCUT2D eigenvalue weighted by Gasteiger charge is 2.31. The van der Waals surface area contributed by atoms with Gasteiger partial charge in [0.1, 0.15) is 16.6 Å². The minimum atomic E-state index is 0.566. The summed E-state index contributed by atoms with van der Waals surface area (Å²) in [5, 5.41) is 4.27. The highest BCUT2D eigenvalue weighted by molar-refractivity contribution is 9.10. The van der Waals surface area contributed by atoms with Crippen molar-refractivity contribution in [2.45, 2.75) is 25.4 Å². The Labute approximate surface area is 124 Å². The molecule has 0 unspecified atom stereocenters. The third kappa shape index (κ3) is 2.72. The highest BCUT2D eigenvalue weighted by atomic mass is 79.9. The molecule has 1 aliphatic carbocycles. The standard InChI is InChI=1S/C12H14BrN5S/c13-10-11(17-14)15-7-16-12(10)18(9-1-2-9)5-8-3-4-19-6-8/h3-4,6-7,9H,1-2,5,14H2,(H,15,16,17). The number of nitrogens with one attached hydrogen (secondary N) is 1. The third-order valence-corrected chi connectivity index (χ3v) is 4.56. The number of thiophene rings is 1. The van der Waals surface area contributed by atoms with Gasteiger partial charge in [-0.05, 0) is 51.2 Å². The summed E-state index contributed by atoms with van der Waals surface area (Å²) in [5.74, 6) is 6.97. The number of anilines is 2. The molecule has 2 aromatic rings. The Kier molecular flexibility index (Phi) is 3.67. The van der Waals surface area contributed by atoms with Crippen LogP contribution in [0.25, 0.3) is 0 Å². The highest BCUT2D eigenvalue weighted by Crippen LogP contribution is 2.37. The smallest absolute Gasteiger partial charge is 0.159 e. The van der Waals surface area contributed by atoms with Crippen LogP contribution in [-0.2, 0) is 6.54 Å².